The Morgan fingerprint density at radius 3 is 2.79 bits per heavy atom. The van der Waals surface area contributed by atoms with Gasteiger partial charge in [-0.05, 0) is 49.6 Å². The number of methoxy groups -OCH3 is 1. The summed E-state index contributed by atoms with van der Waals surface area (Å²) in [5.74, 6) is 0.826. The number of likely N-dealkylation sites (tertiary alicyclic amines) is 1. The number of benzene rings is 2. The Kier molecular flexibility index (Phi) is 5.33. The van der Waals surface area contributed by atoms with Gasteiger partial charge in [-0.25, -0.2) is 0 Å². The number of hydrogen-bond donors (Lipinski definition) is 0. The Hall–Kier alpha value is -2.79. The maximum Gasteiger partial charge on any atom is 0.259 e. The summed E-state index contributed by atoms with van der Waals surface area (Å²) in [5, 5.41) is 4.53. The molecule has 2 unspecified atom stereocenters. The predicted octanol–water partition coefficient (Wildman–Crippen LogP) is 5.33. The summed E-state index contributed by atoms with van der Waals surface area (Å²) in [6.07, 6.45) is 2.36. The van der Waals surface area contributed by atoms with Gasteiger partial charge < -0.3 is 14.2 Å². The molecule has 29 heavy (non-hydrogen) atoms. The molecule has 0 saturated carbocycles. The van der Waals surface area contributed by atoms with Crippen LogP contribution in [0.5, 0.6) is 5.75 Å². The molecule has 150 valence electrons. The highest BCUT2D eigenvalue weighted by molar-refractivity contribution is 6.32. The van der Waals surface area contributed by atoms with Crippen molar-refractivity contribution in [2.45, 2.75) is 32.2 Å². The van der Waals surface area contributed by atoms with Gasteiger partial charge in [0.15, 0.2) is 0 Å². The molecule has 1 aliphatic rings. The molecule has 1 aromatic heterocycles. The highest BCUT2D eigenvalue weighted by Gasteiger charge is 2.36. The fourth-order valence-electron chi connectivity index (χ4n) is 4.15. The number of carbonyl (C=O) groups excluding carboxylic acids is 1. The summed E-state index contributed by atoms with van der Waals surface area (Å²) in [4.78, 5) is 15.3. The summed E-state index contributed by atoms with van der Waals surface area (Å²) in [6.45, 7) is 4.89. The van der Waals surface area contributed by atoms with Crippen molar-refractivity contribution in [3.8, 4) is 17.0 Å². The average Bonchev–Trinajstić information content (AvgIpc) is 3.35. The van der Waals surface area contributed by atoms with Crippen LogP contribution in [0.25, 0.3) is 11.3 Å². The van der Waals surface area contributed by atoms with Gasteiger partial charge in [0.05, 0.1) is 12.1 Å². The van der Waals surface area contributed by atoms with Crippen molar-refractivity contribution in [2.24, 2.45) is 0 Å². The van der Waals surface area contributed by atoms with E-state index in [-0.39, 0.29) is 11.9 Å². The van der Waals surface area contributed by atoms with Crippen LogP contribution in [0.3, 0.4) is 0 Å². The van der Waals surface area contributed by atoms with Crippen LogP contribution in [0, 0.1) is 6.92 Å². The number of hydrogen-bond acceptors (Lipinski definition) is 4. The number of nitrogens with zero attached hydrogens (tertiary/aromatic N) is 2. The van der Waals surface area contributed by atoms with Crippen molar-refractivity contribution in [1.29, 1.82) is 0 Å². The molecule has 3 aromatic rings. The summed E-state index contributed by atoms with van der Waals surface area (Å²) in [5.41, 5.74) is 4.23. The van der Waals surface area contributed by atoms with E-state index in [1.807, 2.05) is 17.0 Å². The Balaban J connectivity index is 1.61. The van der Waals surface area contributed by atoms with E-state index < -0.39 is 0 Å². The van der Waals surface area contributed by atoms with Gasteiger partial charge in [0.25, 0.3) is 5.91 Å². The molecular weight excluding hydrogens is 388 g/mol. The van der Waals surface area contributed by atoms with Crippen molar-refractivity contribution < 1.29 is 14.1 Å². The lowest BCUT2D eigenvalue weighted by atomic mass is 9.93. The minimum atomic E-state index is -0.0724. The molecule has 2 aromatic carbocycles. The lowest BCUT2D eigenvalue weighted by Gasteiger charge is -2.21. The third kappa shape index (κ3) is 3.62. The number of carbonyl (C=O) groups is 1. The van der Waals surface area contributed by atoms with Crippen LogP contribution in [0.15, 0.2) is 53.3 Å². The van der Waals surface area contributed by atoms with Crippen LogP contribution in [0.1, 0.15) is 40.7 Å². The van der Waals surface area contributed by atoms with E-state index in [2.05, 4.69) is 37.2 Å². The normalized spacial score (nSPS) is 18.8. The highest BCUT2D eigenvalue weighted by atomic mass is 35.5. The van der Waals surface area contributed by atoms with Crippen molar-refractivity contribution in [2.75, 3.05) is 13.7 Å². The second kappa shape index (κ2) is 7.91. The van der Waals surface area contributed by atoms with E-state index in [0.717, 1.165) is 12.0 Å². The van der Waals surface area contributed by atoms with Gasteiger partial charge >= 0.3 is 0 Å². The van der Waals surface area contributed by atoms with Gasteiger partial charge in [-0.15, -0.1) is 0 Å². The molecule has 2 atom stereocenters. The average molecular weight is 411 g/mol. The first-order valence-electron chi connectivity index (χ1n) is 9.64. The lowest BCUT2D eigenvalue weighted by molar-refractivity contribution is 0.0746. The van der Waals surface area contributed by atoms with Gasteiger partial charge in [0, 0.05) is 24.1 Å². The number of aryl methyl sites for hydroxylation is 1. The molecule has 1 aliphatic heterocycles. The van der Waals surface area contributed by atoms with E-state index in [1.54, 1.807) is 19.2 Å². The zero-order chi connectivity index (χ0) is 20.5. The zero-order valence-corrected chi connectivity index (χ0v) is 17.4. The first-order valence-corrected chi connectivity index (χ1v) is 10.0. The number of amides is 1. The fraction of sp³-hybridized carbons (Fsp3) is 0.304. The smallest absolute Gasteiger partial charge is 0.259 e. The van der Waals surface area contributed by atoms with E-state index in [0.29, 0.717) is 34.5 Å². The first kappa shape index (κ1) is 19.5. The second-order valence-corrected chi connectivity index (χ2v) is 7.93. The van der Waals surface area contributed by atoms with E-state index in [9.17, 15) is 4.79 Å². The van der Waals surface area contributed by atoms with Crippen LogP contribution in [-0.4, -0.2) is 35.7 Å². The van der Waals surface area contributed by atoms with Crippen LogP contribution in [0.2, 0.25) is 5.02 Å². The minimum absolute atomic E-state index is 0.0724. The Labute approximate surface area is 175 Å². The maximum absolute atomic E-state index is 13.4. The third-order valence-corrected chi connectivity index (χ3v) is 5.98. The standard InChI is InChI=1S/C23H23ClN2O3/c1-14-6-4-5-7-18(14)17-10-15(2)26(12-17)23(27)19-13-29-25-22(19)16-8-9-21(28-3)20(24)11-16/h4-9,11,13,15,17H,10,12H2,1-3H3. The molecule has 1 fully saturated rings. The molecule has 5 nitrogen and oxygen atoms in total. The first-order chi connectivity index (χ1) is 14.0. The van der Waals surface area contributed by atoms with Gasteiger partial charge in [-0.1, -0.05) is 41.0 Å². The molecule has 4 rings (SSSR count). The van der Waals surface area contributed by atoms with Crippen molar-refractivity contribution in [3.05, 3.63) is 70.4 Å². The molecule has 0 aliphatic carbocycles. The van der Waals surface area contributed by atoms with Crippen molar-refractivity contribution in [1.82, 2.24) is 10.1 Å². The molecule has 1 saturated heterocycles. The van der Waals surface area contributed by atoms with Gasteiger partial charge in [-0.2, -0.15) is 0 Å². The van der Waals surface area contributed by atoms with E-state index in [1.165, 1.54) is 17.4 Å². The number of rotatable bonds is 4. The third-order valence-electron chi connectivity index (χ3n) is 5.69. The highest BCUT2D eigenvalue weighted by Crippen LogP contribution is 2.36. The summed E-state index contributed by atoms with van der Waals surface area (Å²) in [6, 6.07) is 13.8. The molecule has 6 heteroatoms. The lowest BCUT2D eigenvalue weighted by Crippen LogP contribution is -2.34. The summed E-state index contributed by atoms with van der Waals surface area (Å²) < 4.78 is 10.4. The minimum Gasteiger partial charge on any atom is -0.495 e. The van der Waals surface area contributed by atoms with Crippen LogP contribution in [0.4, 0.5) is 0 Å². The predicted molar refractivity (Wildman–Crippen MR) is 113 cm³/mol. The van der Waals surface area contributed by atoms with Gasteiger partial charge in [-0.3, -0.25) is 4.79 Å². The van der Waals surface area contributed by atoms with Crippen LogP contribution >= 0.6 is 11.6 Å². The monoisotopic (exact) mass is 410 g/mol. The molecule has 1 amide bonds. The van der Waals surface area contributed by atoms with Crippen molar-refractivity contribution >= 4 is 17.5 Å². The molecule has 0 bridgehead atoms. The van der Waals surface area contributed by atoms with Gasteiger partial charge in [0.2, 0.25) is 0 Å². The number of aromatic nitrogens is 1. The topological polar surface area (TPSA) is 55.6 Å². The van der Waals surface area contributed by atoms with E-state index in [4.69, 9.17) is 20.9 Å². The largest absolute Gasteiger partial charge is 0.495 e. The van der Waals surface area contributed by atoms with E-state index >= 15 is 0 Å². The zero-order valence-electron chi connectivity index (χ0n) is 16.7. The second-order valence-electron chi connectivity index (χ2n) is 7.52. The quantitative estimate of drug-likeness (QED) is 0.583. The molecule has 0 radical (unpaired) electrons. The van der Waals surface area contributed by atoms with Crippen molar-refractivity contribution in [3.63, 3.8) is 0 Å². The molecule has 0 spiro atoms. The fourth-order valence-corrected chi connectivity index (χ4v) is 4.41. The number of ether oxygens (including phenoxy) is 1. The molecule has 2 heterocycles. The SMILES string of the molecule is COc1ccc(-c2nocc2C(=O)N2CC(c3ccccc3C)CC2C)cc1Cl. The molecule has 0 N–H and O–H groups in total. The van der Waals surface area contributed by atoms with Gasteiger partial charge in [0.1, 0.15) is 23.3 Å². The Morgan fingerprint density at radius 2 is 2.07 bits per heavy atom. The summed E-state index contributed by atoms with van der Waals surface area (Å²) in [7, 11) is 1.56. The maximum atomic E-state index is 13.4. The molecular formula is C23H23ClN2O3. The Bertz CT molecular complexity index is 1050. The van der Waals surface area contributed by atoms with Crippen LogP contribution in [-0.2, 0) is 0 Å². The van der Waals surface area contributed by atoms with Crippen LogP contribution < -0.4 is 4.74 Å². The summed E-state index contributed by atoms with van der Waals surface area (Å²) >= 11 is 6.25. The Morgan fingerprint density at radius 1 is 1.28 bits per heavy atom. The number of halogens is 1.